The van der Waals surface area contributed by atoms with Gasteiger partial charge in [-0.3, -0.25) is 14.5 Å². The van der Waals surface area contributed by atoms with Crippen LogP contribution in [0.4, 0.5) is 4.79 Å². The summed E-state index contributed by atoms with van der Waals surface area (Å²) >= 11 is 3.25. The molecule has 0 saturated carbocycles. The highest BCUT2D eigenvalue weighted by molar-refractivity contribution is 14.1. The van der Waals surface area contributed by atoms with Crippen LogP contribution in [0.1, 0.15) is 16.7 Å². The molecule has 0 spiro atoms. The van der Waals surface area contributed by atoms with Crippen molar-refractivity contribution in [3.8, 4) is 0 Å². The smallest absolute Gasteiger partial charge is 0.293 e. The number of amides is 2. The Morgan fingerprint density at radius 1 is 0.778 bits per heavy atom. The van der Waals surface area contributed by atoms with Crippen molar-refractivity contribution in [2.75, 3.05) is 0 Å². The Morgan fingerprint density at radius 3 is 2.33 bits per heavy atom. The summed E-state index contributed by atoms with van der Waals surface area (Å²) in [7, 11) is 0. The van der Waals surface area contributed by atoms with Crippen molar-refractivity contribution >= 4 is 73.3 Å². The number of carbonyl (C=O) groups is 2. The number of carbonyl (C=O) groups excluding carboxylic acids is 2. The number of para-hydroxylation sites is 1. The Hall–Kier alpha value is -3.36. The quantitative estimate of drug-likeness (QED) is 0.154. The largest absolute Gasteiger partial charge is 0.342 e. The van der Waals surface area contributed by atoms with Gasteiger partial charge in [-0.15, -0.1) is 0 Å². The van der Waals surface area contributed by atoms with Gasteiger partial charge in [0.1, 0.15) is 0 Å². The van der Waals surface area contributed by atoms with Crippen LogP contribution in [-0.2, 0) is 17.9 Å². The Bertz CT molecular complexity index is 1660. The first-order valence-electron chi connectivity index (χ1n) is 11.6. The van der Waals surface area contributed by atoms with E-state index in [0.29, 0.717) is 11.4 Å². The van der Waals surface area contributed by atoms with E-state index in [0.717, 1.165) is 37.4 Å². The molecule has 1 aliphatic heterocycles. The van der Waals surface area contributed by atoms with Crippen LogP contribution < -0.4 is 0 Å². The van der Waals surface area contributed by atoms with Crippen molar-refractivity contribution in [2.45, 2.75) is 13.1 Å². The number of hydrogen-bond donors (Lipinski definition) is 0. The molecule has 1 aliphatic rings. The number of rotatable bonds is 5. The predicted molar refractivity (Wildman–Crippen MR) is 156 cm³/mol. The number of benzene rings is 4. The Kier molecular flexibility index (Phi) is 6.15. The van der Waals surface area contributed by atoms with Crippen molar-refractivity contribution in [1.29, 1.82) is 0 Å². The first kappa shape index (κ1) is 23.1. The summed E-state index contributed by atoms with van der Waals surface area (Å²) < 4.78 is 3.34. The number of thioether (sulfide) groups is 1. The van der Waals surface area contributed by atoms with Gasteiger partial charge in [-0.25, -0.2) is 0 Å². The lowest BCUT2D eigenvalue weighted by Gasteiger charge is -2.12. The zero-order valence-corrected chi connectivity index (χ0v) is 22.2. The van der Waals surface area contributed by atoms with Crippen LogP contribution in [0.15, 0.2) is 102 Å². The lowest BCUT2D eigenvalue weighted by Crippen LogP contribution is -2.27. The molecule has 1 fully saturated rings. The van der Waals surface area contributed by atoms with Crippen LogP contribution in [0.5, 0.6) is 0 Å². The first-order chi connectivity index (χ1) is 17.6. The summed E-state index contributed by atoms with van der Waals surface area (Å²) in [6, 6.07) is 30.9. The van der Waals surface area contributed by atoms with Gasteiger partial charge in [0.15, 0.2) is 0 Å². The number of imide groups is 1. The third kappa shape index (κ3) is 4.35. The molecular weight excluding hydrogens is 579 g/mol. The van der Waals surface area contributed by atoms with Gasteiger partial charge in [-0.05, 0) is 80.5 Å². The fourth-order valence-electron chi connectivity index (χ4n) is 4.68. The molecule has 0 bridgehead atoms. The first-order valence-corrected chi connectivity index (χ1v) is 13.5. The molecule has 0 aliphatic carbocycles. The molecule has 176 valence electrons. The normalized spacial score (nSPS) is 15.0. The van der Waals surface area contributed by atoms with Crippen LogP contribution in [0.2, 0.25) is 0 Å². The summed E-state index contributed by atoms with van der Waals surface area (Å²) in [6.45, 7) is 0.992. The van der Waals surface area contributed by atoms with Gasteiger partial charge in [-0.2, -0.15) is 0 Å². The molecule has 0 radical (unpaired) electrons. The monoisotopic (exact) mass is 600 g/mol. The predicted octanol–water partition coefficient (Wildman–Crippen LogP) is 7.68. The fourth-order valence-corrected chi connectivity index (χ4v) is 5.87. The maximum atomic E-state index is 13.2. The van der Waals surface area contributed by atoms with E-state index in [1.165, 1.54) is 21.2 Å². The highest BCUT2D eigenvalue weighted by Gasteiger charge is 2.35. The second-order valence-electron chi connectivity index (χ2n) is 8.76. The van der Waals surface area contributed by atoms with Crippen molar-refractivity contribution in [3.63, 3.8) is 0 Å². The summed E-state index contributed by atoms with van der Waals surface area (Å²) in [6.07, 6.45) is 3.94. The Morgan fingerprint density at radius 2 is 1.50 bits per heavy atom. The summed E-state index contributed by atoms with van der Waals surface area (Å²) in [5.41, 5.74) is 4.20. The molecule has 6 heteroatoms. The van der Waals surface area contributed by atoms with Crippen LogP contribution in [0.25, 0.3) is 27.8 Å². The van der Waals surface area contributed by atoms with E-state index in [1.54, 1.807) is 0 Å². The van der Waals surface area contributed by atoms with Gasteiger partial charge in [0.25, 0.3) is 11.1 Å². The van der Waals surface area contributed by atoms with E-state index in [9.17, 15) is 9.59 Å². The molecule has 1 saturated heterocycles. The minimum absolute atomic E-state index is 0.232. The molecule has 5 aromatic rings. The average molecular weight is 600 g/mol. The van der Waals surface area contributed by atoms with Gasteiger partial charge in [-0.1, -0.05) is 72.8 Å². The lowest BCUT2D eigenvalue weighted by atomic mass is 10.0. The van der Waals surface area contributed by atoms with Gasteiger partial charge in [0.05, 0.1) is 11.4 Å². The van der Waals surface area contributed by atoms with Crippen LogP contribution >= 0.6 is 34.4 Å². The fraction of sp³-hybridized carbons (Fsp3) is 0.0667. The highest BCUT2D eigenvalue weighted by atomic mass is 127. The van der Waals surface area contributed by atoms with Crippen molar-refractivity contribution < 1.29 is 9.59 Å². The third-order valence-electron chi connectivity index (χ3n) is 6.45. The molecule has 0 N–H and O–H groups in total. The minimum Gasteiger partial charge on any atom is -0.342 e. The van der Waals surface area contributed by atoms with E-state index < -0.39 is 0 Å². The standard InChI is InChI=1S/C30H21IN2O2S/c31-24-14-12-20(13-15-24)17-33-29(34)28(36-30(33)35)16-23-19-32(27-11-4-3-10-26(23)27)18-22-8-5-7-21-6-1-2-9-25(21)22/h1-16,19H,17-18H2/b28-16-. The molecule has 0 unspecified atom stereocenters. The van der Waals surface area contributed by atoms with Crippen molar-refractivity contribution in [2.24, 2.45) is 0 Å². The molecule has 36 heavy (non-hydrogen) atoms. The molecule has 1 aromatic heterocycles. The molecule has 4 aromatic carbocycles. The van der Waals surface area contributed by atoms with E-state index in [2.05, 4.69) is 88.0 Å². The number of hydrogen-bond acceptors (Lipinski definition) is 3. The van der Waals surface area contributed by atoms with Gasteiger partial charge in [0.2, 0.25) is 0 Å². The summed E-state index contributed by atoms with van der Waals surface area (Å²) in [4.78, 5) is 27.7. The second-order valence-corrected chi connectivity index (χ2v) is 11.0. The van der Waals surface area contributed by atoms with Crippen molar-refractivity contribution in [1.82, 2.24) is 9.47 Å². The molecular formula is C30H21IN2O2S. The summed E-state index contributed by atoms with van der Waals surface area (Å²) in [5, 5.41) is 3.27. The lowest BCUT2D eigenvalue weighted by molar-refractivity contribution is -0.123. The van der Waals surface area contributed by atoms with Gasteiger partial charge < -0.3 is 4.57 Å². The molecule has 4 nitrogen and oxygen atoms in total. The van der Waals surface area contributed by atoms with E-state index >= 15 is 0 Å². The zero-order valence-electron chi connectivity index (χ0n) is 19.2. The summed E-state index contributed by atoms with van der Waals surface area (Å²) in [5.74, 6) is -0.241. The number of fused-ring (bicyclic) bond motifs is 2. The molecule has 2 heterocycles. The number of halogens is 1. The molecule has 6 rings (SSSR count). The van der Waals surface area contributed by atoms with E-state index in [4.69, 9.17) is 0 Å². The minimum atomic E-state index is -0.241. The Labute approximate surface area is 226 Å². The second kappa shape index (κ2) is 9.59. The average Bonchev–Trinajstić information content (AvgIpc) is 3.37. The van der Waals surface area contributed by atoms with Crippen LogP contribution in [-0.4, -0.2) is 20.6 Å². The highest BCUT2D eigenvalue weighted by Crippen LogP contribution is 2.35. The van der Waals surface area contributed by atoms with Crippen molar-refractivity contribution in [3.05, 3.63) is 122 Å². The van der Waals surface area contributed by atoms with Crippen LogP contribution in [0.3, 0.4) is 0 Å². The zero-order chi connectivity index (χ0) is 24.6. The van der Waals surface area contributed by atoms with Crippen LogP contribution in [0, 0.1) is 3.57 Å². The maximum absolute atomic E-state index is 13.2. The number of nitrogens with zero attached hydrogens (tertiary/aromatic N) is 2. The SMILES string of the molecule is O=C1S/C(=C\c2cn(Cc3cccc4ccccc34)c3ccccc23)C(=O)N1Cc1ccc(I)cc1. The molecule has 0 atom stereocenters. The maximum Gasteiger partial charge on any atom is 0.293 e. The third-order valence-corrected chi connectivity index (χ3v) is 8.08. The molecule has 2 amide bonds. The van der Waals surface area contributed by atoms with E-state index in [-0.39, 0.29) is 17.7 Å². The van der Waals surface area contributed by atoms with Gasteiger partial charge in [0, 0.05) is 32.8 Å². The Balaban J connectivity index is 1.34. The number of aromatic nitrogens is 1. The topological polar surface area (TPSA) is 42.3 Å². The van der Waals surface area contributed by atoms with E-state index in [1.807, 2.05) is 42.5 Å². The van der Waals surface area contributed by atoms with Gasteiger partial charge >= 0.3 is 0 Å².